The molecule has 1 aliphatic rings. The van der Waals surface area contributed by atoms with Gasteiger partial charge in [-0.3, -0.25) is 0 Å². The fourth-order valence-corrected chi connectivity index (χ4v) is 4.07. The first-order valence-electron chi connectivity index (χ1n) is 9.54. The van der Waals surface area contributed by atoms with Gasteiger partial charge in [-0.05, 0) is 73.3 Å². The maximum absolute atomic E-state index is 14.1. The highest BCUT2D eigenvalue weighted by atomic mass is 19.1. The lowest BCUT2D eigenvalue weighted by Gasteiger charge is -2.28. The molecule has 25 heavy (non-hydrogen) atoms. The van der Waals surface area contributed by atoms with E-state index in [4.69, 9.17) is 0 Å². The summed E-state index contributed by atoms with van der Waals surface area (Å²) in [5, 5.41) is 0. The Morgan fingerprint density at radius 1 is 0.960 bits per heavy atom. The molecular weight excluding hydrogens is 307 g/mol. The van der Waals surface area contributed by atoms with Crippen molar-refractivity contribution in [3.8, 4) is 23.0 Å². The number of hydrogen-bond donors (Lipinski definition) is 0. The summed E-state index contributed by atoms with van der Waals surface area (Å²) in [6, 6.07) is 14.0. The molecule has 0 heterocycles. The zero-order valence-electron chi connectivity index (χ0n) is 15.3. The summed E-state index contributed by atoms with van der Waals surface area (Å²) in [5.41, 5.74) is 3.88. The van der Waals surface area contributed by atoms with Crippen molar-refractivity contribution >= 4 is 0 Å². The van der Waals surface area contributed by atoms with Gasteiger partial charge in [-0.15, -0.1) is 5.92 Å². The Hall–Kier alpha value is -2.07. The van der Waals surface area contributed by atoms with Gasteiger partial charge < -0.3 is 0 Å². The van der Waals surface area contributed by atoms with Crippen LogP contribution in [0.3, 0.4) is 0 Å². The van der Waals surface area contributed by atoms with Crippen molar-refractivity contribution < 1.29 is 4.39 Å². The predicted molar refractivity (Wildman–Crippen MR) is 104 cm³/mol. The maximum atomic E-state index is 14.1. The van der Waals surface area contributed by atoms with Crippen molar-refractivity contribution in [2.24, 2.45) is 5.92 Å². The van der Waals surface area contributed by atoms with Crippen LogP contribution in [0.4, 0.5) is 4.39 Å². The van der Waals surface area contributed by atoms with Gasteiger partial charge in [0, 0.05) is 0 Å². The normalized spacial score (nSPS) is 20.0. The van der Waals surface area contributed by atoms with E-state index in [1.807, 2.05) is 6.07 Å². The molecule has 0 radical (unpaired) electrons. The van der Waals surface area contributed by atoms with Gasteiger partial charge in [0.15, 0.2) is 0 Å². The average molecular weight is 334 g/mol. The highest BCUT2D eigenvalue weighted by Crippen LogP contribution is 2.38. The van der Waals surface area contributed by atoms with Crippen LogP contribution in [-0.2, 0) is 0 Å². The largest absolute Gasteiger partial charge is 0.206 e. The van der Waals surface area contributed by atoms with E-state index in [0.29, 0.717) is 11.5 Å². The smallest absolute Gasteiger partial charge is 0.139 e. The second-order valence-corrected chi connectivity index (χ2v) is 7.20. The molecule has 0 atom stereocenters. The van der Waals surface area contributed by atoms with Gasteiger partial charge in [-0.2, -0.15) is 0 Å². The monoisotopic (exact) mass is 334 g/mol. The first-order valence-corrected chi connectivity index (χ1v) is 9.54. The summed E-state index contributed by atoms with van der Waals surface area (Å²) in [7, 11) is 0. The number of benzene rings is 2. The van der Waals surface area contributed by atoms with Crippen LogP contribution < -0.4 is 0 Å². The molecule has 1 saturated carbocycles. The van der Waals surface area contributed by atoms with E-state index in [0.717, 1.165) is 17.0 Å². The lowest BCUT2D eigenvalue weighted by Crippen LogP contribution is -2.13. The van der Waals surface area contributed by atoms with E-state index in [2.05, 4.69) is 43.0 Å². The van der Waals surface area contributed by atoms with Crippen LogP contribution >= 0.6 is 0 Å². The fourth-order valence-electron chi connectivity index (χ4n) is 4.07. The Morgan fingerprint density at radius 2 is 1.64 bits per heavy atom. The van der Waals surface area contributed by atoms with E-state index >= 15 is 0 Å². The zero-order valence-corrected chi connectivity index (χ0v) is 15.3. The molecule has 3 rings (SSSR count). The predicted octanol–water partition coefficient (Wildman–Crippen LogP) is 6.94. The van der Waals surface area contributed by atoms with Gasteiger partial charge in [-0.25, -0.2) is 4.39 Å². The minimum absolute atomic E-state index is 0.245. The number of hydrogen-bond acceptors (Lipinski definition) is 0. The molecule has 0 aliphatic heterocycles. The van der Waals surface area contributed by atoms with E-state index in [1.165, 1.54) is 44.1 Å². The van der Waals surface area contributed by atoms with Crippen molar-refractivity contribution in [3.05, 3.63) is 59.4 Å². The second-order valence-electron chi connectivity index (χ2n) is 7.20. The van der Waals surface area contributed by atoms with Crippen molar-refractivity contribution in [1.82, 2.24) is 0 Å². The molecule has 0 bridgehead atoms. The summed E-state index contributed by atoms with van der Waals surface area (Å²) in [6.07, 6.45) is 8.04. The van der Waals surface area contributed by atoms with Crippen LogP contribution in [0.5, 0.6) is 0 Å². The van der Waals surface area contributed by atoms with Gasteiger partial charge in [0.25, 0.3) is 0 Å². The molecular formula is C24H27F. The average Bonchev–Trinajstić information content (AvgIpc) is 2.65. The molecule has 1 heteroatoms. The van der Waals surface area contributed by atoms with Crippen LogP contribution in [0.15, 0.2) is 42.5 Å². The minimum Gasteiger partial charge on any atom is -0.206 e. The molecule has 1 fully saturated rings. The topological polar surface area (TPSA) is 0 Å². The van der Waals surface area contributed by atoms with Crippen molar-refractivity contribution in [3.63, 3.8) is 0 Å². The van der Waals surface area contributed by atoms with Crippen molar-refractivity contribution in [1.29, 1.82) is 0 Å². The molecule has 130 valence electrons. The Balaban J connectivity index is 1.70. The van der Waals surface area contributed by atoms with E-state index < -0.39 is 0 Å². The van der Waals surface area contributed by atoms with Crippen LogP contribution in [0.25, 0.3) is 11.1 Å². The molecule has 2 aromatic rings. The third-order valence-corrected chi connectivity index (χ3v) is 5.49. The van der Waals surface area contributed by atoms with Crippen LogP contribution in [0.2, 0.25) is 0 Å². The molecule has 0 N–H and O–H groups in total. The summed E-state index contributed by atoms with van der Waals surface area (Å²) in [4.78, 5) is 0. The Bertz CT molecular complexity index is 753. The second kappa shape index (κ2) is 8.34. The third-order valence-electron chi connectivity index (χ3n) is 5.49. The number of halogens is 1. The standard InChI is InChI=1S/C24H27F/c1-3-5-18-7-9-19(10-8-18)20-11-13-21(14-12-20)23-16-15-22(6-4-2)24(25)17-23/h11-19H,3,5,7-10H2,1-2H3/t18-,19-. The molecule has 1 aliphatic carbocycles. The van der Waals surface area contributed by atoms with E-state index in [9.17, 15) is 4.39 Å². The minimum atomic E-state index is -0.245. The summed E-state index contributed by atoms with van der Waals surface area (Å²) >= 11 is 0. The molecule has 0 unspecified atom stereocenters. The van der Waals surface area contributed by atoms with Crippen molar-refractivity contribution in [2.45, 2.75) is 58.3 Å². The molecule has 2 aromatic carbocycles. The third kappa shape index (κ3) is 4.31. The van der Waals surface area contributed by atoms with Crippen LogP contribution in [-0.4, -0.2) is 0 Å². The molecule has 0 aromatic heterocycles. The Kier molecular flexibility index (Phi) is 5.92. The van der Waals surface area contributed by atoms with Crippen LogP contribution in [0.1, 0.15) is 69.4 Å². The maximum Gasteiger partial charge on any atom is 0.139 e. The Morgan fingerprint density at radius 3 is 2.24 bits per heavy atom. The Labute approximate surface area is 151 Å². The number of rotatable bonds is 4. The van der Waals surface area contributed by atoms with Gasteiger partial charge >= 0.3 is 0 Å². The summed E-state index contributed by atoms with van der Waals surface area (Å²) < 4.78 is 14.1. The molecule has 0 amide bonds. The van der Waals surface area contributed by atoms with Crippen LogP contribution in [0, 0.1) is 23.6 Å². The lowest BCUT2D eigenvalue weighted by molar-refractivity contribution is 0.308. The zero-order chi connectivity index (χ0) is 17.6. The first kappa shape index (κ1) is 17.7. The quantitative estimate of drug-likeness (QED) is 0.531. The summed E-state index contributed by atoms with van der Waals surface area (Å²) in [5.74, 6) is 6.93. The molecule has 0 saturated heterocycles. The van der Waals surface area contributed by atoms with E-state index in [1.54, 1.807) is 19.1 Å². The lowest BCUT2D eigenvalue weighted by atomic mass is 9.77. The highest BCUT2D eigenvalue weighted by molar-refractivity contribution is 5.65. The van der Waals surface area contributed by atoms with Gasteiger partial charge in [0.2, 0.25) is 0 Å². The first-order chi connectivity index (χ1) is 12.2. The molecule has 0 nitrogen and oxygen atoms in total. The van der Waals surface area contributed by atoms with Crippen molar-refractivity contribution in [2.75, 3.05) is 0 Å². The van der Waals surface area contributed by atoms with Gasteiger partial charge in [0.05, 0.1) is 5.56 Å². The fraction of sp³-hybridized carbons (Fsp3) is 0.417. The van der Waals surface area contributed by atoms with Gasteiger partial charge in [0.1, 0.15) is 5.82 Å². The van der Waals surface area contributed by atoms with E-state index in [-0.39, 0.29) is 5.82 Å². The van der Waals surface area contributed by atoms with Gasteiger partial charge in [-0.1, -0.05) is 56.0 Å². The summed E-state index contributed by atoms with van der Waals surface area (Å²) in [6.45, 7) is 4.01. The highest BCUT2D eigenvalue weighted by Gasteiger charge is 2.21. The SMILES string of the molecule is CC#Cc1ccc(-c2ccc([C@H]3CC[C@H](CCC)CC3)cc2)cc1F. The molecule has 0 spiro atoms.